The summed E-state index contributed by atoms with van der Waals surface area (Å²) in [6.07, 6.45) is 3.33. The van der Waals surface area contributed by atoms with E-state index in [1.807, 2.05) is 6.07 Å². The molecule has 0 aliphatic carbocycles. The van der Waals surface area contributed by atoms with Gasteiger partial charge in [0.05, 0.1) is 15.9 Å². The van der Waals surface area contributed by atoms with Crippen LogP contribution < -0.4 is 5.32 Å². The molecular weight excluding hydrogens is 368 g/mol. The Morgan fingerprint density at radius 3 is 2.89 bits per heavy atom. The van der Waals surface area contributed by atoms with E-state index in [1.165, 1.54) is 23.9 Å². The smallest absolute Gasteiger partial charge is 0.271 e. The van der Waals surface area contributed by atoms with E-state index in [-0.39, 0.29) is 11.6 Å². The van der Waals surface area contributed by atoms with Crippen molar-refractivity contribution in [2.75, 3.05) is 5.32 Å². The summed E-state index contributed by atoms with van der Waals surface area (Å²) in [7, 11) is 0. The highest BCUT2D eigenvalue weighted by molar-refractivity contribution is 8.00. The number of pyridine rings is 1. The van der Waals surface area contributed by atoms with Gasteiger partial charge in [-0.25, -0.2) is 4.98 Å². The first-order valence-electron chi connectivity index (χ1n) is 7.99. The molecule has 2 heterocycles. The molecule has 138 valence electrons. The Hall–Kier alpha value is -3.27. The zero-order chi connectivity index (χ0) is 19.4. The zero-order valence-electron chi connectivity index (χ0n) is 14.5. The number of carbonyl (C=O) groups excluding carboxylic acids is 1. The number of non-ortho nitro benzene ring substituents is 1. The second-order valence-corrected chi connectivity index (χ2v) is 7.02. The Balaban J connectivity index is 1.67. The third-order valence-corrected chi connectivity index (χ3v) is 4.70. The fraction of sp³-hybridized carbons (Fsp3) is 0.176. The Labute approximate surface area is 158 Å². The lowest BCUT2D eigenvalue weighted by molar-refractivity contribution is -0.384. The molecule has 0 spiro atoms. The summed E-state index contributed by atoms with van der Waals surface area (Å²) in [4.78, 5) is 31.2. The highest BCUT2D eigenvalue weighted by Gasteiger charge is 2.19. The Morgan fingerprint density at radius 1 is 1.37 bits per heavy atom. The molecule has 1 amide bonds. The highest BCUT2D eigenvalue weighted by atomic mass is 32.2. The summed E-state index contributed by atoms with van der Waals surface area (Å²) >= 11 is 1.18. The van der Waals surface area contributed by atoms with Crippen LogP contribution in [-0.4, -0.2) is 36.2 Å². The zero-order valence-corrected chi connectivity index (χ0v) is 15.4. The molecule has 0 unspecified atom stereocenters. The van der Waals surface area contributed by atoms with Crippen molar-refractivity contribution in [1.82, 2.24) is 20.2 Å². The van der Waals surface area contributed by atoms with Gasteiger partial charge in [0.2, 0.25) is 11.1 Å². The topological polar surface area (TPSA) is 127 Å². The van der Waals surface area contributed by atoms with E-state index in [1.54, 1.807) is 38.4 Å². The van der Waals surface area contributed by atoms with Gasteiger partial charge in [-0.15, -0.1) is 5.10 Å². The predicted octanol–water partition coefficient (Wildman–Crippen LogP) is 3.20. The average Bonchev–Trinajstić information content (AvgIpc) is 3.12. The van der Waals surface area contributed by atoms with Crippen LogP contribution in [0.25, 0.3) is 11.4 Å². The molecule has 0 radical (unpaired) electrons. The number of benzene rings is 1. The number of aromatic amines is 1. The molecular formula is C17H16N6O3S. The lowest BCUT2D eigenvalue weighted by atomic mass is 10.2. The van der Waals surface area contributed by atoms with E-state index in [2.05, 4.69) is 25.5 Å². The minimum Gasteiger partial charge on any atom is -0.325 e. The first kappa shape index (κ1) is 18.5. The van der Waals surface area contributed by atoms with Crippen molar-refractivity contribution in [3.8, 4) is 11.4 Å². The van der Waals surface area contributed by atoms with Crippen molar-refractivity contribution in [2.45, 2.75) is 24.3 Å². The van der Waals surface area contributed by atoms with E-state index in [4.69, 9.17) is 0 Å². The van der Waals surface area contributed by atoms with Crippen LogP contribution in [0.15, 0.2) is 47.9 Å². The summed E-state index contributed by atoms with van der Waals surface area (Å²) in [5.41, 5.74) is 1.86. The van der Waals surface area contributed by atoms with Crippen molar-refractivity contribution in [3.05, 3.63) is 58.4 Å². The van der Waals surface area contributed by atoms with E-state index in [0.717, 1.165) is 11.1 Å². The van der Waals surface area contributed by atoms with Gasteiger partial charge in [-0.3, -0.25) is 25.0 Å². The van der Waals surface area contributed by atoms with Crippen LogP contribution in [0.3, 0.4) is 0 Å². The number of H-pyrrole nitrogens is 1. The van der Waals surface area contributed by atoms with Crippen LogP contribution in [-0.2, 0) is 4.79 Å². The van der Waals surface area contributed by atoms with Crippen LogP contribution in [0.2, 0.25) is 0 Å². The summed E-state index contributed by atoms with van der Waals surface area (Å²) in [5.74, 6) is 0.268. The molecule has 3 aromatic rings. The third-order valence-electron chi connectivity index (χ3n) is 3.74. The van der Waals surface area contributed by atoms with Crippen molar-refractivity contribution in [3.63, 3.8) is 0 Å². The van der Waals surface area contributed by atoms with Crippen LogP contribution in [0, 0.1) is 17.0 Å². The number of anilines is 1. The largest absolute Gasteiger partial charge is 0.325 e. The second kappa shape index (κ2) is 7.96. The molecule has 0 fully saturated rings. The molecule has 2 N–H and O–H groups in total. The maximum atomic E-state index is 12.4. The normalized spacial score (nSPS) is 11.8. The number of aromatic nitrogens is 4. The minimum absolute atomic E-state index is 0.0775. The van der Waals surface area contributed by atoms with Gasteiger partial charge in [0.15, 0.2) is 5.82 Å². The van der Waals surface area contributed by atoms with Crippen molar-refractivity contribution in [2.24, 2.45) is 0 Å². The fourth-order valence-corrected chi connectivity index (χ4v) is 2.96. The molecule has 9 nitrogen and oxygen atoms in total. The number of rotatable bonds is 6. The van der Waals surface area contributed by atoms with Gasteiger partial charge in [0, 0.05) is 30.1 Å². The monoisotopic (exact) mass is 384 g/mol. The quantitative estimate of drug-likeness (QED) is 0.379. The van der Waals surface area contributed by atoms with E-state index in [9.17, 15) is 14.9 Å². The fourth-order valence-electron chi connectivity index (χ4n) is 2.24. The van der Waals surface area contributed by atoms with Gasteiger partial charge in [-0.05, 0) is 31.5 Å². The van der Waals surface area contributed by atoms with Gasteiger partial charge in [-0.1, -0.05) is 17.8 Å². The molecule has 0 aliphatic heterocycles. The molecule has 1 atom stereocenters. The van der Waals surface area contributed by atoms with Crippen LogP contribution in [0.1, 0.15) is 12.5 Å². The Morgan fingerprint density at radius 2 is 2.19 bits per heavy atom. The molecule has 0 bridgehead atoms. The molecule has 3 rings (SSSR count). The number of nitro groups is 1. The van der Waals surface area contributed by atoms with Crippen LogP contribution in [0.5, 0.6) is 0 Å². The number of carbonyl (C=O) groups is 1. The molecule has 0 aliphatic rings. The molecule has 27 heavy (non-hydrogen) atoms. The number of amides is 1. The second-order valence-electron chi connectivity index (χ2n) is 5.71. The maximum Gasteiger partial charge on any atom is 0.271 e. The molecule has 0 saturated heterocycles. The first-order valence-corrected chi connectivity index (χ1v) is 8.87. The SMILES string of the molecule is Cc1ccc([N+](=O)[O-])cc1NC(=O)[C@@H](C)Sc1n[nH]c(-c2cccnc2)n1. The third kappa shape index (κ3) is 4.47. The lowest BCUT2D eigenvalue weighted by Gasteiger charge is -2.12. The van der Waals surface area contributed by atoms with E-state index < -0.39 is 10.2 Å². The molecule has 2 aromatic heterocycles. The van der Waals surface area contributed by atoms with Crippen LogP contribution >= 0.6 is 11.8 Å². The summed E-state index contributed by atoms with van der Waals surface area (Å²) in [6, 6.07) is 7.99. The standard InChI is InChI=1S/C17H16N6O3S/c1-10-5-6-13(23(25)26)8-14(10)19-16(24)11(2)27-17-20-15(21-22-17)12-4-3-7-18-9-12/h3-9,11H,1-2H3,(H,19,24)(H,20,21,22)/t11-/m1/s1. The minimum atomic E-state index is -0.499. The number of nitrogens with zero attached hydrogens (tertiary/aromatic N) is 4. The van der Waals surface area contributed by atoms with Gasteiger partial charge in [-0.2, -0.15) is 0 Å². The van der Waals surface area contributed by atoms with E-state index >= 15 is 0 Å². The summed E-state index contributed by atoms with van der Waals surface area (Å²) in [5, 5.41) is 20.5. The van der Waals surface area contributed by atoms with Crippen LogP contribution in [0.4, 0.5) is 11.4 Å². The number of nitro benzene ring substituents is 1. The predicted molar refractivity (Wildman–Crippen MR) is 101 cm³/mol. The number of thioether (sulfide) groups is 1. The summed E-state index contributed by atoms with van der Waals surface area (Å²) < 4.78 is 0. The maximum absolute atomic E-state index is 12.4. The highest BCUT2D eigenvalue weighted by Crippen LogP contribution is 2.25. The molecule has 0 saturated carbocycles. The number of aryl methyl sites for hydroxylation is 1. The lowest BCUT2D eigenvalue weighted by Crippen LogP contribution is -2.23. The van der Waals surface area contributed by atoms with E-state index in [0.29, 0.717) is 16.7 Å². The number of hydrogen-bond acceptors (Lipinski definition) is 7. The number of hydrogen-bond donors (Lipinski definition) is 2. The Bertz CT molecular complexity index is 976. The van der Waals surface area contributed by atoms with Crippen molar-refractivity contribution in [1.29, 1.82) is 0 Å². The van der Waals surface area contributed by atoms with Crippen molar-refractivity contribution < 1.29 is 9.72 Å². The molecule has 10 heteroatoms. The van der Waals surface area contributed by atoms with Gasteiger partial charge < -0.3 is 5.32 Å². The number of nitrogens with one attached hydrogen (secondary N) is 2. The van der Waals surface area contributed by atoms with Gasteiger partial charge >= 0.3 is 0 Å². The van der Waals surface area contributed by atoms with Crippen molar-refractivity contribution >= 4 is 29.0 Å². The van der Waals surface area contributed by atoms with Gasteiger partial charge in [0.25, 0.3) is 5.69 Å². The summed E-state index contributed by atoms with van der Waals surface area (Å²) in [6.45, 7) is 3.49. The van der Waals surface area contributed by atoms with Gasteiger partial charge in [0.1, 0.15) is 0 Å². The Kier molecular flexibility index (Phi) is 5.46. The average molecular weight is 384 g/mol. The first-order chi connectivity index (χ1) is 12.9. The molecule has 1 aromatic carbocycles.